The van der Waals surface area contributed by atoms with E-state index in [1.807, 2.05) is 71.6 Å². The number of rotatable bonds is 7. The van der Waals surface area contributed by atoms with Crippen LogP contribution in [0.1, 0.15) is 34.6 Å². The van der Waals surface area contributed by atoms with Crippen molar-refractivity contribution in [1.82, 2.24) is 30.0 Å². The van der Waals surface area contributed by atoms with Crippen molar-refractivity contribution >= 4 is 22.5 Å². The van der Waals surface area contributed by atoms with Gasteiger partial charge in [-0.1, -0.05) is 36.4 Å². The molecular weight excluding hydrogens is 458 g/mol. The maximum Gasteiger partial charge on any atom is 0.326 e. The molecule has 182 valence electrons. The van der Waals surface area contributed by atoms with E-state index in [0.717, 1.165) is 35.2 Å². The molecule has 0 fully saturated rings. The third kappa shape index (κ3) is 4.56. The van der Waals surface area contributed by atoms with Crippen molar-refractivity contribution in [3.8, 4) is 11.1 Å². The quantitative estimate of drug-likeness (QED) is 0.241. The number of fused-ring (bicyclic) bond motifs is 1. The standard InChI is InChI=1S/C26H25N7O3/c1-15(30-25(35)23-22(27)24(34)32-26(36)31-23)16-5-4-6-17(11-16)19-13-29-33(14-19)10-9-18-12-28-21-8-3-2-7-20(18)21/h2-8,11-15,28H,9-10,27H2,1H3,(H,30,35)(H2,31,32,34,36). The number of H-pyrrole nitrogens is 3. The molecule has 0 aliphatic carbocycles. The number of carbonyl (C=O) groups excluding carboxylic acids is 1. The van der Waals surface area contributed by atoms with Gasteiger partial charge in [-0.15, -0.1) is 0 Å². The van der Waals surface area contributed by atoms with Gasteiger partial charge in [0.05, 0.1) is 12.2 Å². The van der Waals surface area contributed by atoms with E-state index in [2.05, 4.69) is 32.5 Å². The topological polar surface area (TPSA) is 154 Å². The number of aromatic amines is 3. The SMILES string of the molecule is CC(NC(=O)c1[nH]c(=O)[nH]c(=O)c1N)c1cccc(-c2cnn(CCc3c[nH]c4ccccc34)c2)c1. The first-order valence-electron chi connectivity index (χ1n) is 11.5. The zero-order valence-electron chi connectivity index (χ0n) is 19.5. The lowest BCUT2D eigenvalue weighted by Crippen LogP contribution is -2.34. The summed E-state index contributed by atoms with van der Waals surface area (Å²) in [6, 6.07) is 15.6. The van der Waals surface area contributed by atoms with Gasteiger partial charge in [0.2, 0.25) is 0 Å². The molecule has 10 heteroatoms. The Kier molecular flexibility index (Phi) is 5.99. The number of amides is 1. The lowest BCUT2D eigenvalue weighted by atomic mass is 10.0. The average molecular weight is 484 g/mol. The molecule has 0 aliphatic rings. The van der Waals surface area contributed by atoms with Gasteiger partial charge in [-0.3, -0.25) is 19.3 Å². The van der Waals surface area contributed by atoms with Crippen molar-refractivity contribution < 1.29 is 4.79 Å². The van der Waals surface area contributed by atoms with E-state index in [-0.39, 0.29) is 11.4 Å². The van der Waals surface area contributed by atoms with E-state index in [0.29, 0.717) is 0 Å². The molecule has 0 radical (unpaired) electrons. The Labute approximate surface area is 205 Å². The number of hydrogen-bond donors (Lipinski definition) is 5. The number of nitrogens with zero attached hydrogens (tertiary/aromatic N) is 2. The number of nitrogens with one attached hydrogen (secondary N) is 4. The molecule has 5 aromatic rings. The number of aromatic nitrogens is 5. The summed E-state index contributed by atoms with van der Waals surface area (Å²) in [7, 11) is 0. The van der Waals surface area contributed by atoms with Crippen LogP contribution in [0.5, 0.6) is 0 Å². The molecule has 0 saturated carbocycles. The maximum atomic E-state index is 12.6. The van der Waals surface area contributed by atoms with E-state index < -0.39 is 23.2 Å². The summed E-state index contributed by atoms with van der Waals surface area (Å²) in [6.45, 7) is 2.55. The number of hydrogen-bond acceptors (Lipinski definition) is 5. The van der Waals surface area contributed by atoms with E-state index in [1.54, 1.807) is 0 Å². The van der Waals surface area contributed by atoms with Gasteiger partial charge in [0.1, 0.15) is 11.4 Å². The van der Waals surface area contributed by atoms with Gasteiger partial charge in [0, 0.05) is 35.4 Å². The summed E-state index contributed by atoms with van der Waals surface area (Å²) in [4.78, 5) is 43.5. The minimum absolute atomic E-state index is 0.261. The molecular formula is C26H25N7O3. The van der Waals surface area contributed by atoms with Gasteiger partial charge < -0.3 is 21.0 Å². The van der Waals surface area contributed by atoms with Crippen LogP contribution in [0.25, 0.3) is 22.0 Å². The molecule has 36 heavy (non-hydrogen) atoms. The van der Waals surface area contributed by atoms with Gasteiger partial charge in [-0.05, 0) is 42.2 Å². The van der Waals surface area contributed by atoms with E-state index in [9.17, 15) is 14.4 Å². The normalized spacial score (nSPS) is 12.0. The smallest absolute Gasteiger partial charge is 0.326 e. The average Bonchev–Trinajstić information content (AvgIpc) is 3.52. The maximum absolute atomic E-state index is 12.6. The molecule has 1 unspecified atom stereocenters. The number of anilines is 1. The number of aryl methyl sites for hydroxylation is 2. The molecule has 2 aromatic carbocycles. The fraction of sp³-hybridized carbons (Fsp3) is 0.154. The highest BCUT2D eigenvalue weighted by Crippen LogP contribution is 2.24. The van der Waals surface area contributed by atoms with Crippen molar-refractivity contribution in [3.05, 3.63) is 105 Å². The molecule has 5 rings (SSSR count). The van der Waals surface area contributed by atoms with Crippen molar-refractivity contribution in [2.45, 2.75) is 25.9 Å². The van der Waals surface area contributed by atoms with Crippen molar-refractivity contribution in [2.75, 3.05) is 5.73 Å². The molecule has 0 bridgehead atoms. The molecule has 3 aromatic heterocycles. The van der Waals surface area contributed by atoms with Crippen molar-refractivity contribution in [2.24, 2.45) is 0 Å². The van der Waals surface area contributed by atoms with E-state index >= 15 is 0 Å². The highest BCUT2D eigenvalue weighted by molar-refractivity contribution is 5.97. The van der Waals surface area contributed by atoms with Crippen LogP contribution in [-0.2, 0) is 13.0 Å². The van der Waals surface area contributed by atoms with Crippen LogP contribution in [0.3, 0.4) is 0 Å². The fourth-order valence-corrected chi connectivity index (χ4v) is 4.22. The van der Waals surface area contributed by atoms with Gasteiger partial charge in [-0.25, -0.2) is 4.79 Å². The molecule has 3 heterocycles. The Morgan fingerprint density at radius 3 is 2.81 bits per heavy atom. The Bertz CT molecular complexity index is 1670. The molecule has 1 amide bonds. The number of nitrogens with two attached hydrogens (primary N) is 1. The Hall–Kier alpha value is -4.86. The van der Waals surface area contributed by atoms with Crippen LogP contribution in [0, 0.1) is 0 Å². The largest absolute Gasteiger partial charge is 0.392 e. The fourth-order valence-electron chi connectivity index (χ4n) is 4.22. The zero-order valence-corrected chi connectivity index (χ0v) is 19.5. The van der Waals surface area contributed by atoms with Crippen LogP contribution >= 0.6 is 0 Å². The minimum atomic E-state index is -0.805. The Balaban J connectivity index is 1.28. The first-order chi connectivity index (χ1) is 17.4. The van der Waals surface area contributed by atoms with Crippen molar-refractivity contribution in [1.29, 1.82) is 0 Å². The van der Waals surface area contributed by atoms with Crippen LogP contribution in [0.2, 0.25) is 0 Å². The first-order valence-corrected chi connectivity index (χ1v) is 11.5. The third-order valence-corrected chi connectivity index (χ3v) is 6.19. The van der Waals surface area contributed by atoms with Gasteiger partial charge >= 0.3 is 5.69 Å². The van der Waals surface area contributed by atoms with Crippen LogP contribution in [-0.4, -0.2) is 30.6 Å². The van der Waals surface area contributed by atoms with E-state index in [1.165, 1.54) is 10.9 Å². The lowest BCUT2D eigenvalue weighted by molar-refractivity contribution is 0.0935. The van der Waals surface area contributed by atoms with Crippen molar-refractivity contribution in [3.63, 3.8) is 0 Å². The minimum Gasteiger partial charge on any atom is -0.392 e. The molecule has 0 saturated heterocycles. The Morgan fingerprint density at radius 1 is 1.11 bits per heavy atom. The highest BCUT2D eigenvalue weighted by Gasteiger charge is 2.17. The predicted octanol–water partition coefficient (Wildman–Crippen LogP) is 2.72. The summed E-state index contributed by atoms with van der Waals surface area (Å²) in [5.41, 5.74) is 8.59. The number of benzene rings is 2. The van der Waals surface area contributed by atoms with Gasteiger partial charge in [0.25, 0.3) is 11.5 Å². The molecule has 0 aliphatic heterocycles. The van der Waals surface area contributed by atoms with Crippen LogP contribution < -0.4 is 22.3 Å². The highest BCUT2D eigenvalue weighted by atomic mass is 16.2. The number of carbonyl (C=O) groups is 1. The summed E-state index contributed by atoms with van der Waals surface area (Å²) in [6.07, 6.45) is 6.71. The van der Waals surface area contributed by atoms with E-state index in [4.69, 9.17) is 5.73 Å². The van der Waals surface area contributed by atoms with Crippen LogP contribution in [0.15, 0.2) is 76.7 Å². The van der Waals surface area contributed by atoms with Gasteiger partial charge in [0.15, 0.2) is 0 Å². The summed E-state index contributed by atoms with van der Waals surface area (Å²) >= 11 is 0. The second-order valence-electron chi connectivity index (χ2n) is 8.62. The predicted molar refractivity (Wildman–Crippen MR) is 138 cm³/mol. The van der Waals surface area contributed by atoms with Gasteiger partial charge in [-0.2, -0.15) is 5.10 Å². The molecule has 1 atom stereocenters. The van der Waals surface area contributed by atoms with Crippen LogP contribution in [0.4, 0.5) is 5.69 Å². The number of nitrogen functional groups attached to an aromatic ring is 1. The zero-order chi connectivity index (χ0) is 25.2. The second-order valence-corrected chi connectivity index (χ2v) is 8.62. The molecule has 6 N–H and O–H groups in total. The third-order valence-electron chi connectivity index (χ3n) is 6.19. The second kappa shape index (κ2) is 9.41. The number of para-hydroxylation sites is 1. The first kappa shape index (κ1) is 22.9. The summed E-state index contributed by atoms with van der Waals surface area (Å²) in [5.74, 6) is -0.640. The summed E-state index contributed by atoms with van der Waals surface area (Å²) in [5, 5.41) is 8.52. The molecule has 10 nitrogen and oxygen atoms in total. The monoisotopic (exact) mass is 483 g/mol. The lowest BCUT2D eigenvalue weighted by Gasteiger charge is -2.15. The molecule has 0 spiro atoms. The summed E-state index contributed by atoms with van der Waals surface area (Å²) < 4.78 is 1.92. The Morgan fingerprint density at radius 2 is 1.94 bits per heavy atom.